The van der Waals surface area contributed by atoms with E-state index in [1.54, 1.807) is 0 Å². The second kappa shape index (κ2) is 6.83. The van der Waals surface area contributed by atoms with Gasteiger partial charge in [0.15, 0.2) is 0 Å². The third kappa shape index (κ3) is 4.88. The largest absolute Gasteiger partial charge is 0.460 e. The number of hydrogen-bond acceptors (Lipinski definition) is 3. The molecule has 0 saturated heterocycles. The standard InChI is InChI=1S/C9H16O3/c1-3-5-7-12-9(11)8(10)6-4-2/h3-7H2,1-2H3. The smallest absolute Gasteiger partial charge is 0.374 e. The normalized spacial score (nSPS) is 9.50. The quantitative estimate of drug-likeness (QED) is 0.348. The van der Waals surface area contributed by atoms with E-state index in [4.69, 9.17) is 4.74 Å². The van der Waals surface area contributed by atoms with Crippen molar-refractivity contribution in [2.24, 2.45) is 0 Å². The Hall–Kier alpha value is -0.860. The number of carbonyl (C=O) groups is 2. The Morgan fingerprint density at radius 1 is 1.17 bits per heavy atom. The van der Waals surface area contributed by atoms with Crippen LogP contribution in [0.4, 0.5) is 0 Å². The molecule has 0 aliphatic heterocycles. The van der Waals surface area contributed by atoms with E-state index in [0.717, 1.165) is 12.8 Å². The molecule has 0 aliphatic carbocycles. The maximum Gasteiger partial charge on any atom is 0.374 e. The van der Waals surface area contributed by atoms with Crippen LogP contribution in [0.25, 0.3) is 0 Å². The van der Waals surface area contributed by atoms with Crippen molar-refractivity contribution in [3.8, 4) is 0 Å². The fraction of sp³-hybridized carbons (Fsp3) is 0.778. The molecule has 70 valence electrons. The molecule has 0 aromatic rings. The van der Waals surface area contributed by atoms with E-state index in [9.17, 15) is 9.59 Å². The van der Waals surface area contributed by atoms with Crippen LogP contribution in [-0.2, 0) is 14.3 Å². The molecule has 0 saturated carbocycles. The van der Waals surface area contributed by atoms with Crippen LogP contribution >= 0.6 is 0 Å². The number of ether oxygens (including phenoxy) is 1. The molecule has 12 heavy (non-hydrogen) atoms. The first-order chi connectivity index (χ1) is 5.72. The van der Waals surface area contributed by atoms with E-state index >= 15 is 0 Å². The minimum Gasteiger partial charge on any atom is -0.460 e. The first-order valence-corrected chi connectivity index (χ1v) is 4.42. The predicted octanol–water partition coefficient (Wildman–Crippen LogP) is 1.70. The zero-order valence-corrected chi connectivity index (χ0v) is 7.76. The highest BCUT2D eigenvalue weighted by atomic mass is 16.5. The number of carbonyl (C=O) groups excluding carboxylic acids is 2. The summed E-state index contributed by atoms with van der Waals surface area (Å²) in [5.41, 5.74) is 0. The Kier molecular flexibility index (Phi) is 6.34. The van der Waals surface area contributed by atoms with Crippen molar-refractivity contribution in [3.05, 3.63) is 0 Å². The molecule has 0 rings (SSSR count). The lowest BCUT2D eigenvalue weighted by molar-refractivity contribution is -0.154. The van der Waals surface area contributed by atoms with Gasteiger partial charge in [-0.2, -0.15) is 0 Å². The molecular weight excluding hydrogens is 156 g/mol. The Morgan fingerprint density at radius 3 is 2.33 bits per heavy atom. The van der Waals surface area contributed by atoms with Crippen LogP contribution in [0.5, 0.6) is 0 Å². The molecule has 0 fully saturated rings. The summed E-state index contributed by atoms with van der Waals surface area (Å²) in [7, 11) is 0. The van der Waals surface area contributed by atoms with Gasteiger partial charge in [-0.15, -0.1) is 0 Å². The lowest BCUT2D eigenvalue weighted by atomic mass is 10.2. The summed E-state index contributed by atoms with van der Waals surface area (Å²) in [6, 6.07) is 0. The van der Waals surface area contributed by atoms with E-state index in [1.165, 1.54) is 0 Å². The van der Waals surface area contributed by atoms with Crippen molar-refractivity contribution in [2.75, 3.05) is 6.61 Å². The molecule has 0 aromatic carbocycles. The van der Waals surface area contributed by atoms with Gasteiger partial charge in [-0.3, -0.25) is 4.79 Å². The second-order valence-corrected chi connectivity index (χ2v) is 2.66. The van der Waals surface area contributed by atoms with Crippen LogP contribution < -0.4 is 0 Å². The SMILES string of the molecule is CCCCOC(=O)C(=O)CCC. The Balaban J connectivity index is 3.50. The molecule has 0 bridgehead atoms. The molecule has 0 N–H and O–H groups in total. The van der Waals surface area contributed by atoms with Crippen molar-refractivity contribution in [2.45, 2.75) is 39.5 Å². The fourth-order valence-electron chi connectivity index (χ4n) is 0.719. The molecular formula is C9H16O3. The van der Waals surface area contributed by atoms with E-state index in [0.29, 0.717) is 19.4 Å². The highest BCUT2D eigenvalue weighted by Gasteiger charge is 2.12. The molecule has 0 aromatic heterocycles. The summed E-state index contributed by atoms with van der Waals surface area (Å²) in [5.74, 6) is -1.08. The van der Waals surface area contributed by atoms with Crippen molar-refractivity contribution < 1.29 is 14.3 Å². The molecule has 0 unspecified atom stereocenters. The molecule has 0 radical (unpaired) electrons. The number of hydrogen-bond donors (Lipinski definition) is 0. The van der Waals surface area contributed by atoms with E-state index in [1.807, 2.05) is 13.8 Å². The Labute approximate surface area is 73.1 Å². The predicted molar refractivity (Wildman–Crippen MR) is 45.8 cm³/mol. The van der Waals surface area contributed by atoms with Crippen LogP contribution in [0.3, 0.4) is 0 Å². The van der Waals surface area contributed by atoms with Crippen molar-refractivity contribution >= 4 is 11.8 Å². The maximum absolute atomic E-state index is 10.9. The summed E-state index contributed by atoms with van der Waals surface area (Å²) in [4.78, 5) is 21.7. The van der Waals surface area contributed by atoms with Gasteiger partial charge in [-0.25, -0.2) is 4.79 Å². The maximum atomic E-state index is 10.9. The molecule has 0 heterocycles. The highest BCUT2D eigenvalue weighted by molar-refractivity contribution is 6.33. The van der Waals surface area contributed by atoms with Gasteiger partial charge >= 0.3 is 5.97 Å². The lowest BCUT2D eigenvalue weighted by Crippen LogP contribution is -2.17. The third-order valence-corrected chi connectivity index (χ3v) is 1.44. The molecule has 3 nitrogen and oxygen atoms in total. The monoisotopic (exact) mass is 172 g/mol. The van der Waals surface area contributed by atoms with Gasteiger partial charge in [0, 0.05) is 6.42 Å². The topological polar surface area (TPSA) is 43.4 Å². The van der Waals surface area contributed by atoms with Gasteiger partial charge in [-0.05, 0) is 12.8 Å². The average molecular weight is 172 g/mol. The molecule has 0 spiro atoms. The van der Waals surface area contributed by atoms with Crippen LogP contribution in [0.1, 0.15) is 39.5 Å². The van der Waals surface area contributed by atoms with Crippen molar-refractivity contribution in [1.82, 2.24) is 0 Å². The molecule has 0 atom stereocenters. The van der Waals surface area contributed by atoms with Gasteiger partial charge in [0.2, 0.25) is 5.78 Å². The number of rotatable bonds is 6. The summed E-state index contributed by atoms with van der Waals surface area (Å²) >= 11 is 0. The Morgan fingerprint density at radius 2 is 1.83 bits per heavy atom. The fourth-order valence-corrected chi connectivity index (χ4v) is 0.719. The third-order valence-electron chi connectivity index (χ3n) is 1.44. The average Bonchev–Trinajstić information content (AvgIpc) is 2.05. The van der Waals surface area contributed by atoms with Gasteiger partial charge in [0.05, 0.1) is 6.61 Å². The summed E-state index contributed by atoms with van der Waals surface area (Å²) in [6.45, 7) is 4.23. The van der Waals surface area contributed by atoms with Crippen LogP contribution in [0, 0.1) is 0 Å². The van der Waals surface area contributed by atoms with Crippen LogP contribution in [-0.4, -0.2) is 18.4 Å². The van der Waals surface area contributed by atoms with E-state index in [-0.39, 0.29) is 0 Å². The lowest BCUT2D eigenvalue weighted by Gasteiger charge is -2.00. The van der Waals surface area contributed by atoms with Gasteiger partial charge in [0.25, 0.3) is 0 Å². The molecule has 3 heteroatoms. The van der Waals surface area contributed by atoms with Gasteiger partial charge in [0.1, 0.15) is 0 Å². The number of ketones is 1. The van der Waals surface area contributed by atoms with Gasteiger partial charge < -0.3 is 4.74 Å². The summed E-state index contributed by atoms with van der Waals surface area (Å²) in [5, 5.41) is 0. The molecule has 0 amide bonds. The Bertz CT molecular complexity index is 152. The summed E-state index contributed by atoms with van der Waals surface area (Å²) < 4.78 is 4.71. The van der Waals surface area contributed by atoms with E-state index in [2.05, 4.69) is 0 Å². The number of esters is 1. The number of unbranched alkanes of at least 4 members (excludes halogenated alkanes) is 1. The van der Waals surface area contributed by atoms with Crippen LogP contribution in [0.15, 0.2) is 0 Å². The highest BCUT2D eigenvalue weighted by Crippen LogP contribution is 1.94. The zero-order valence-electron chi connectivity index (χ0n) is 7.76. The van der Waals surface area contributed by atoms with E-state index < -0.39 is 11.8 Å². The number of Topliss-reactive ketones (excluding diaryl/α,β-unsaturated/α-hetero) is 1. The minimum atomic E-state index is -0.676. The van der Waals surface area contributed by atoms with Crippen LogP contribution in [0.2, 0.25) is 0 Å². The van der Waals surface area contributed by atoms with Gasteiger partial charge in [-0.1, -0.05) is 20.3 Å². The van der Waals surface area contributed by atoms with Crippen molar-refractivity contribution in [3.63, 3.8) is 0 Å². The minimum absolute atomic E-state index is 0.297. The first kappa shape index (κ1) is 11.1. The molecule has 0 aliphatic rings. The first-order valence-electron chi connectivity index (χ1n) is 4.42. The summed E-state index contributed by atoms with van der Waals surface area (Å²) in [6.07, 6.45) is 2.78. The zero-order chi connectivity index (χ0) is 9.40. The van der Waals surface area contributed by atoms with Crippen molar-refractivity contribution in [1.29, 1.82) is 0 Å². The second-order valence-electron chi connectivity index (χ2n) is 2.66.